The Bertz CT molecular complexity index is 776. The van der Waals surface area contributed by atoms with Crippen LogP contribution in [0.4, 0.5) is 0 Å². The Labute approximate surface area is 189 Å². The lowest BCUT2D eigenvalue weighted by atomic mass is 10.1. The van der Waals surface area contributed by atoms with Crippen LogP contribution in [0.15, 0.2) is 52.1 Å². The van der Waals surface area contributed by atoms with Gasteiger partial charge in [0.2, 0.25) is 0 Å². The number of nitrogens with one attached hydrogen (secondary N) is 3. The Morgan fingerprint density at radius 1 is 1.17 bits per heavy atom. The summed E-state index contributed by atoms with van der Waals surface area (Å²) in [5.41, 5.74) is 1.26. The number of hydrogen-bond acceptors (Lipinski definition) is 4. The van der Waals surface area contributed by atoms with Crippen molar-refractivity contribution >= 4 is 35.8 Å². The van der Waals surface area contributed by atoms with Gasteiger partial charge in [-0.3, -0.25) is 4.79 Å². The molecule has 3 N–H and O–H groups in total. The summed E-state index contributed by atoms with van der Waals surface area (Å²) in [6, 6.07) is 11.1. The van der Waals surface area contributed by atoms with Gasteiger partial charge in [0.25, 0.3) is 5.91 Å². The highest BCUT2D eigenvalue weighted by Crippen LogP contribution is 2.08. The van der Waals surface area contributed by atoms with Gasteiger partial charge < -0.3 is 25.1 Å². The van der Waals surface area contributed by atoms with Gasteiger partial charge in [0, 0.05) is 25.8 Å². The van der Waals surface area contributed by atoms with E-state index in [1.807, 2.05) is 45.0 Å². The lowest BCUT2D eigenvalue weighted by Crippen LogP contribution is -2.45. The van der Waals surface area contributed by atoms with Gasteiger partial charge in [0.1, 0.15) is 5.76 Å². The minimum Gasteiger partial charge on any atom is -0.467 e. The number of rotatable bonds is 9. The average molecular weight is 514 g/mol. The number of methoxy groups -OCH3 is 1. The number of aliphatic imine (C=N–C) groups is 1. The van der Waals surface area contributed by atoms with Crippen molar-refractivity contribution in [2.45, 2.75) is 39.5 Å². The maximum absolute atomic E-state index is 12.4. The number of halogens is 1. The lowest BCUT2D eigenvalue weighted by molar-refractivity contribution is 0.0268. The first-order valence-corrected chi connectivity index (χ1v) is 9.40. The Morgan fingerprint density at radius 2 is 1.97 bits per heavy atom. The molecule has 0 unspecified atom stereocenters. The summed E-state index contributed by atoms with van der Waals surface area (Å²) in [5.74, 6) is 1.28. The second-order valence-corrected chi connectivity index (χ2v) is 6.97. The molecule has 2 aromatic rings. The summed E-state index contributed by atoms with van der Waals surface area (Å²) in [7, 11) is 1.69. The van der Waals surface area contributed by atoms with E-state index in [-0.39, 0.29) is 35.5 Å². The van der Waals surface area contributed by atoms with E-state index in [1.165, 1.54) is 0 Å². The molecule has 0 aliphatic carbocycles. The molecule has 160 valence electrons. The molecule has 1 aromatic carbocycles. The largest absolute Gasteiger partial charge is 0.467 e. The maximum Gasteiger partial charge on any atom is 0.251 e. The van der Waals surface area contributed by atoms with Crippen molar-refractivity contribution in [1.82, 2.24) is 16.0 Å². The molecule has 0 atom stereocenters. The average Bonchev–Trinajstić information content (AvgIpc) is 3.22. The summed E-state index contributed by atoms with van der Waals surface area (Å²) < 4.78 is 10.7. The Kier molecular flexibility index (Phi) is 10.7. The zero-order chi connectivity index (χ0) is 20.4. The fourth-order valence-corrected chi connectivity index (χ4v) is 2.37. The van der Waals surface area contributed by atoms with Crippen LogP contribution in [0.5, 0.6) is 0 Å². The van der Waals surface area contributed by atoms with E-state index in [0.29, 0.717) is 31.2 Å². The van der Waals surface area contributed by atoms with Crippen LogP contribution < -0.4 is 16.0 Å². The van der Waals surface area contributed by atoms with Crippen LogP contribution >= 0.6 is 24.0 Å². The molecule has 0 fully saturated rings. The van der Waals surface area contributed by atoms with Crippen LogP contribution in [0.2, 0.25) is 0 Å². The second kappa shape index (κ2) is 12.5. The van der Waals surface area contributed by atoms with Crippen molar-refractivity contribution in [1.29, 1.82) is 0 Å². The summed E-state index contributed by atoms with van der Waals surface area (Å²) in [4.78, 5) is 17.0. The molecule has 0 spiro atoms. The highest BCUT2D eigenvalue weighted by molar-refractivity contribution is 14.0. The van der Waals surface area contributed by atoms with Crippen LogP contribution in [0.25, 0.3) is 0 Å². The van der Waals surface area contributed by atoms with Crippen LogP contribution in [0.1, 0.15) is 42.5 Å². The van der Waals surface area contributed by atoms with E-state index in [2.05, 4.69) is 20.9 Å². The molecule has 0 saturated carbocycles. The van der Waals surface area contributed by atoms with Gasteiger partial charge in [0.05, 0.1) is 25.0 Å². The number of hydrogen-bond donors (Lipinski definition) is 3. The predicted octanol–water partition coefficient (Wildman–Crippen LogP) is 3.31. The molecule has 1 amide bonds. The summed E-state index contributed by atoms with van der Waals surface area (Å²) in [5, 5.41) is 9.35. The molecular weight excluding hydrogens is 483 g/mol. The lowest BCUT2D eigenvalue weighted by Gasteiger charge is -2.24. The van der Waals surface area contributed by atoms with Crippen molar-refractivity contribution in [2.75, 3.05) is 20.2 Å². The van der Waals surface area contributed by atoms with Gasteiger partial charge in [-0.15, -0.1) is 24.0 Å². The minimum atomic E-state index is -0.289. The summed E-state index contributed by atoms with van der Waals surface area (Å²) in [6.45, 7) is 8.24. The van der Waals surface area contributed by atoms with Crippen molar-refractivity contribution in [2.24, 2.45) is 4.99 Å². The third-order valence-electron chi connectivity index (χ3n) is 4.19. The van der Waals surface area contributed by atoms with Crippen molar-refractivity contribution in [3.8, 4) is 0 Å². The zero-order valence-corrected chi connectivity index (χ0v) is 19.8. The topological polar surface area (TPSA) is 87.9 Å². The first-order chi connectivity index (χ1) is 13.4. The number of guanidine groups is 1. The molecule has 1 aromatic heterocycles. The normalized spacial score (nSPS) is 11.5. The highest BCUT2D eigenvalue weighted by Gasteiger charge is 2.16. The van der Waals surface area contributed by atoms with Gasteiger partial charge in [0.15, 0.2) is 5.96 Å². The monoisotopic (exact) mass is 514 g/mol. The number of amides is 1. The third kappa shape index (κ3) is 8.86. The first kappa shape index (κ1) is 25.0. The molecule has 0 saturated heterocycles. The van der Waals surface area contributed by atoms with E-state index in [0.717, 1.165) is 17.9 Å². The van der Waals surface area contributed by atoms with Crippen molar-refractivity contribution in [3.63, 3.8) is 0 Å². The van der Waals surface area contributed by atoms with E-state index < -0.39 is 0 Å². The summed E-state index contributed by atoms with van der Waals surface area (Å²) >= 11 is 0. The van der Waals surface area contributed by atoms with Gasteiger partial charge in [-0.1, -0.05) is 12.1 Å². The molecule has 0 bridgehead atoms. The molecule has 0 radical (unpaired) electrons. The fraction of sp³-hybridized carbons (Fsp3) is 0.429. The van der Waals surface area contributed by atoms with Gasteiger partial charge in [-0.05, 0) is 50.6 Å². The number of furan rings is 1. The predicted molar refractivity (Wildman–Crippen MR) is 126 cm³/mol. The number of nitrogens with zero attached hydrogens (tertiary/aromatic N) is 1. The molecule has 1 heterocycles. The summed E-state index contributed by atoms with van der Waals surface area (Å²) in [6.07, 6.45) is 1.59. The quantitative estimate of drug-likeness (QED) is 0.272. The Morgan fingerprint density at radius 3 is 2.62 bits per heavy atom. The SMILES string of the molecule is CCNC(=NCc1cccc(C(=O)NCc2ccco2)c1)NCC(C)(C)OC.I. The number of benzene rings is 1. The van der Waals surface area contributed by atoms with Crippen LogP contribution in [-0.2, 0) is 17.8 Å². The van der Waals surface area contributed by atoms with Crippen LogP contribution in [0, 0.1) is 0 Å². The molecule has 29 heavy (non-hydrogen) atoms. The van der Waals surface area contributed by atoms with E-state index in [1.54, 1.807) is 25.5 Å². The van der Waals surface area contributed by atoms with Crippen LogP contribution in [-0.4, -0.2) is 37.7 Å². The van der Waals surface area contributed by atoms with E-state index in [4.69, 9.17) is 9.15 Å². The van der Waals surface area contributed by atoms with Crippen molar-refractivity contribution < 1.29 is 13.9 Å². The molecular formula is C21H31IN4O3. The standard InChI is InChI=1S/C21H30N4O3.HI/c1-5-22-20(25-15-21(2,3)27-4)24-13-16-8-6-9-17(12-16)19(26)23-14-18-10-7-11-28-18;/h6-12H,5,13-15H2,1-4H3,(H,23,26)(H2,22,24,25);1H. The zero-order valence-electron chi connectivity index (χ0n) is 17.5. The minimum absolute atomic E-state index is 0. The number of carbonyl (C=O) groups excluding carboxylic acids is 1. The number of ether oxygens (including phenoxy) is 1. The molecule has 0 aliphatic heterocycles. The molecule has 2 rings (SSSR count). The Balaban J connectivity index is 0.00000420. The maximum atomic E-state index is 12.4. The smallest absolute Gasteiger partial charge is 0.251 e. The van der Waals surface area contributed by atoms with E-state index in [9.17, 15) is 4.79 Å². The molecule has 8 heteroatoms. The fourth-order valence-electron chi connectivity index (χ4n) is 2.37. The Hall–Kier alpha value is -2.07. The highest BCUT2D eigenvalue weighted by atomic mass is 127. The third-order valence-corrected chi connectivity index (χ3v) is 4.19. The van der Waals surface area contributed by atoms with Gasteiger partial charge in [-0.2, -0.15) is 0 Å². The second-order valence-electron chi connectivity index (χ2n) is 6.97. The first-order valence-electron chi connectivity index (χ1n) is 9.40. The molecule has 0 aliphatic rings. The molecule has 7 nitrogen and oxygen atoms in total. The van der Waals surface area contributed by atoms with Crippen LogP contribution in [0.3, 0.4) is 0 Å². The number of carbonyl (C=O) groups is 1. The van der Waals surface area contributed by atoms with Gasteiger partial charge >= 0.3 is 0 Å². The van der Waals surface area contributed by atoms with Crippen molar-refractivity contribution in [3.05, 3.63) is 59.5 Å². The van der Waals surface area contributed by atoms with E-state index >= 15 is 0 Å². The van der Waals surface area contributed by atoms with Gasteiger partial charge in [-0.25, -0.2) is 4.99 Å².